The van der Waals surface area contributed by atoms with Gasteiger partial charge in [-0.2, -0.15) is 13.2 Å². The van der Waals surface area contributed by atoms with Crippen LogP contribution in [-0.4, -0.2) is 59.0 Å². The van der Waals surface area contributed by atoms with E-state index in [2.05, 4.69) is 14.7 Å². The zero-order valence-corrected chi connectivity index (χ0v) is 16.5. The van der Waals surface area contributed by atoms with Gasteiger partial charge in [-0.1, -0.05) is 0 Å². The Morgan fingerprint density at radius 2 is 1.97 bits per heavy atom. The molecular weight excluding hydrogens is 427 g/mol. The number of carbonyl (C=O) groups excluding carboxylic acids is 1. The second-order valence-electron chi connectivity index (χ2n) is 6.86. The van der Waals surface area contributed by atoms with Gasteiger partial charge in [-0.05, 0) is 37.1 Å². The first-order valence-electron chi connectivity index (χ1n) is 9.04. The number of rotatable bonds is 2. The van der Waals surface area contributed by atoms with E-state index in [1.165, 1.54) is 23.1 Å². The molecule has 1 fully saturated rings. The van der Waals surface area contributed by atoms with E-state index < -0.39 is 22.7 Å². The van der Waals surface area contributed by atoms with E-state index in [1.54, 1.807) is 4.90 Å². The first-order chi connectivity index (χ1) is 14.2. The molecule has 0 aliphatic carbocycles. The minimum atomic E-state index is -5.14. The van der Waals surface area contributed by atoms with Crippen LogP contribution in [0.4, 0.5) is 24.5 Å². The Balaban J connectivity index is 1.90. The number of nitrogens with zero attached hydrogens (tertiary/aromatic N) is 5. The number of nitro groups is 1. The number of thioether (sulfide) groups is 1. The third-order valence-electron chi connectivity index (χ3n) is 5.01. The number of methoxy groups -OCH3 is 1. The van der Waals surface area contributed by atoms with E-state index >= 15 is 0 Å². The molecular formula is C17H16F3N5O4S. The average Bonchev–Trinajstić information content (AvgIpc) is 3.09. The van der Waals surface area contributed by atoms with Gasteiger partial charge in [-0.25, -0.2) is 14.8 Å². The molecule has 13 heteroatoms. The number of hydrogen-bond donors (Lipinski definition) is 0. The maximum atomic E-state index is 14.1. The third-order valence-corrected chi connectivity index (χ3v) is 6.01. The van der Waals surface area contributed by atoms with Crippen LogP contribution < -0.4 is 4.90 Å². The molecule has 30 heavy (non-hydrogen) atoms. The Kier molecular flexibility index (Phi) is 4.87. The molecule has 4 rings (SSSR count). The van der Waals surface area contributed by atoms with Crippen molar-refractivity contribution in [2.45, 2.75) is 36.0 Å². The second-order valence-corrected chi connectivity index (χ2v) is 7.87. The number of ether oxygens (including phenoxy) is 1. The smallest absolute Gasteiger partial charge is 0.446 e. The molecule has 9 nitrogen and oxygen atoms in total. The summed E-state index contributed by atoms with van der Waals surface area (Å²) in [4.78, 5) is 33.7. The number of non-ortho nitro benzene ring substituents is 1. The lowest BCUT2D eigenvalue weighted by Crippen LogP contribution is -2.59. The van der Waals surface area contributed by atoms with Crippen LogP contribution in [0.3, 0.4) is 0 Å². The molecule has 0 radical (unpaired) electrons. The summed E-state index contributed by atoms with van der Waals surface area (Å²) < 4.78 is 46.7. The summed E-state index contributed by atoms with van der Waals surface area (Å²) in [5.74, 6) is -1.71. The Morgan fingerprint density at radius 1 is 1.27 bits per heavy atom. The van der Waals surface area contributed by atoms with Crippen molar-refractivity contribution in [2.75, 3.05) is 25.1 Å². The monoisotopic (exact) mass is 443 g/mol. The fourth-order valence-electron chi connectivity index (χ4n) is 3.54. The van der Waals surface area contributed by atoms with Crippen LogP contribution in [0.25, 0.3) is 0 Å². The first-order valence-corrected chi connectivity index (χ1v) is 9.86. The van der Waals surface area contributed by atoms with Crippen LogP contribution >= 0.6 is 11.8 Å². The molecule has 3 heterocycles. The number of guanidine groups is 1. The Bertz CT molecular complexity index is 977. The van der Waals surface area contributed by atoms with Gasteiger partial charge in [0.15, 0.2) is 5.17 Å². The maximum absolute atomic E-state index is 14.1. The molecule has 160 valence electrons. The molecule has 0 N–H and O–H groups in total. The second kappa shape index (κ2) is 7.15. The number of anilines is 1. The number of carbonyl (C=O) groups is 1. The van der Waals surface area contributed by atoms with Gasteiger partial charge in [-0.3, -0.25) is 15.0 Å². The van der Waals surface area contributed by atoms with Crippen molar-refractivity contribution in [1.29, 1.82) is 0 Å². The molecule has 1 saturated heterocycles. The number of aliphatic imine (C=N–C) groups is 2. The van der Waals surface area contributed by atoms with Crippen molar-refractivity contribution in [3.05, 3.63) is 28.3 Å². The molecule has 0 amide bonds. The van der Waals surface area contributed by atoms with Crippen LogP contribution in [0.5, 0.6) is 0 Å². The van der Waals surface area contributed by atoms with Crippen molar-refractivity contribution >= 4 is 40.2 Å². The maximum Gasteiger partial charge on any atom is 0.446 e. The third kappa shape index (κ3) is 3.07. The zero-order chi connectivity index (χ0) is 21.7. The van der Waals surface area contributed by atoms with Crippen LogP contribution in [0, 0.1) is 10.1 Å². The lowest BCUT2D eigenvalue weighted by molar-refractivity contribution is -0.385. The van der Waals surface area contributed by atoms with Gasteiger partial charge in [0.05, 0.1) is 17.7 Å². The Morgan fingerprint density at radius 3 is 2.57 bits per heavy atom. The summed E-state index contributed by atoms with van der Waals surface area (Å²) >= 11 is 0.822. The standard InChI is InChI=1S/C17H16F3N5O4S/c1-29-13(26)16(17(18,19)20)21-14(23-7-3-2-4-8-23)24-11-6-5-10(25(27)28)9-12(11)30-15(24)22-16/h5-6,9H,2-4,7-8H2,1H3/t16-/m1/s1. The highest BCUT2D eigenvalue weighted by molar-refractivity contribution is 8.15. The lowest BCUT2D eigenvalue weighted by atomic mass is 10.1. The molecule has 0 spiro atoms. The summed E-state index contributed by atoms with van der Waals surface area (Å²) in [5.41, 5.74) is -3.20. The number of hydrogen-bond acceptors (Lipinski definition) is 9. The molecule has 0 saturated carbocycles. The number of alkyl halides is 3. The molecule has 1 atom stereocenters. The van der Waals surface area contributed by atoms with Crippen molar-refractivity contribution in [3.63, 3.8) is 0 Å². The molecule has 3 aliphatic rings. The number of piperidine rings is 1. The van der Waals surface area contributed by atoms with Crippen molar-refractivity contribution < 1.29 is 27.6 Å². The molecule has 3 aliphatic heterocycles. The van der Waals surface area contributed by atoms with Gasteiger partial charge in [-0.15, -0.1) is 0 Å². The average molecular weight is 443 g/mol. The van der Waals surface area contributed by atoms with E-state index in [0.717, 1.165) is 38.1 Å². The molecule has 1 aromatic carbocycles. The number of esters is 1. The highest BCUT2D eigenvalue weighted by Crippen LogP contribution is 2.48. The first kappa shape index (κ1) is 20.4. The van der Waals surface area contributed by atoms with Gasteiger partial charge in [0.1, 0.15) is 0 Å². The molecule has 0 bridgehead atoms. The molecule has 0 aromatic heterocycles. The van der Waals surface area contributed by atoms with Crippen LogP contribution in [0.1, 0.15) is 19.3 Å². The summed E-state index contributed by atoms with van der Waals surface area (Å²) in [6.07, 6.45) is -2.68. The van der Waals surface area contributed by atoms with E-state index in [4.69, 9.17) is 0 Å². The zero-order valence-electron chi connectivity index (χ0n) is 15.7. The normalized spacial score (nSPS) is 23.3. The van der Waals surface area contributed by atoms with Crippen molar-refractivity contribution in [1.82, 2.24) is 4.90 Å². The van der Waals surface area contributed by atoms with Gasteiger partial charge in [0.2, 0.25) is 5.96 Å². The lowest BCUT2D eigenvalue weighted by Gasteiger charge is -2.39. The van der Waals surface area contributed by atoms with Crippen molar-refractivity contribution in [2.24, 2.45) is 9.98 Å². The van der Waals surface area contributed by atoms with Gasteiger partial charge in [0.25, 0.3) is 5.69 Å². The number of halogens is 3. The Labute approximate surface area is 172 Å². The summed E-state index contributed by atoms with van der Waals surface area (Å²) in [5, 5.41) is 11.0. The van der Waals surface area contributed by atoms with Crippen LogP contribution in [0.2, 0.25) is 0 Å². The minimum absolute atomic E-state index is 0.0671. The van der Waals surface area contributed by atoms with Gasteiger partial charge < -0.3 is 9.64 Å². The number of nitro benzene ring substituents is 1. The molecule has 0 unspecified atom stereocenters. The fraction of sp³-hybridized carbons (Fsp3) is 0.471. The Hall–Kier alpha value is -2.83. The minimum Gasteiger partial charge on any atom is -0.465 e. The number of fused-ring (bicyclic) bond motifs is 3. The highest BCUT2D eigenvalue weighted by atomic mass is 32.2. The van der Waals surface area contributed by atoms with E-state index in [0.29, 0.717) is 23.7 Å². The highest BCUT2D eigenvalue weighted by Gasteiger charge is 2.66. The summed E-state index contributed by atoms with van der Waals surface area (Å²) in [6.45, 7) is 0.926. The van der Waals surface area contributed by atoms with E-state index in [1.807, 2.05) is 0 Å². The van der Waals surface area contributed by atoms with Crippen LogP contribution in [0.15, 0.2) is 33.1 Å². The van der Waals surface area contributed by atoms with Crippen LogP contribution in [-0.2, 0) is 9.53 Å². The summed E-state index contributed by atoms with van der Waals surface area (Å²) in [6, 6.07) is 3.98. The predicted octanol–water partition coefficient (Wildman–Crippen LogP) is 3.15. The van der Waals surface area contributed by atoms with Crippen molar-refractivity contribution in [3.8, 4) is 0 Å². The topological polar surface area (TPSA) is 101 Å². The van der Waals surface area contributed by atoms with E-state index in [-0.39, 0.29) is 16.8 Å². The number of amidine groups is 1. The number of benzene rings is 1. The fourth-order valence-corrected chi connectivity index (χ4v) is 4.63. The molecule has 1 aromatic rings. The summed E-state index contributed by atoms with van der Waals surface area (Å²) in [7, 11) is 0.846. The predicted molar refractivity (Wildman–Crippen MR) is 103 cm³/mol. The van der Waals surface area contributed by atoms with Gasteiger partial charge in [0, 0.05) is 30.1 Å². The quantitative estimate of drug-likeness (QED) is 0.393. The number of likely N-dealkylation sites (tertiary alicyclic amines) is 1. The van der Waals surface area contributed by atoms with E-state index in [9.17, 15) is 28.1 Å². The van der Waals surface area contributed by atoms with Gasteiger partial charge >= 0.3 is 17.8 Å². The largest absolute Gasteiger partial charge is 0.465 e. The SMILES string of the molecule is COC(=O)[C@]1(C(F)(F)F)N=C2Sc3cc([N+](=O)[O-])ccc3N2C(N2CCCCC2)=N1.